The molecule has 0 fully saturated rings. The summed E-state index contributed by atoms with van der Waals surface area (Å²) >= 11 is 0. The average Bonchev–Trinajstić information content (AvgIpc) is 2.21. The SMILES string of the molecule is C=CC(=O)NC=C(CCCN(C)C)C(=O)O. The van der Waals surface area contributed by atoms with Crippen LogP contribution in [0, 0.1) is 0 Å². The van der Waals surface area contributed by atoms with Crippen LogP contribution in [0.3, 0.4) is 0 Å². The Labute approximate surface area is 95.4 Å². The normalized spacial score (nSPS) is 11.3. The van der Waals surface area contributed by atoms with Gasteiger partial charge < -0.3 is 15.3 Å². The number of carboxylic acid groups (broad SMARTS) is 1. The van der Waals surface area contributed by atoms with E-state index in [9.17, 15) is 9.59 Å². The zero-order chi connectivity index (χ0) is 12.6. The molecule has 0 saturated heterocycles. The largest absolute Gasteiger partial charge is 0.478 e. The molecule has 0 radical (unpaired) electrons. The molecule has 0 spiro atoms. The molecule has 0 rings (SSSR count). The van der Waals surface area contributed by atoms with E-state index in [1.54, 1.807) is 0 Å². The van der Waals surface area contributed by atoms with Crippen LogP contribution in [0.4, 0.5) is 0 Å². The fraction of sp³-hybridized carbons (Fsp3) is 0.455. The van der Waals surface area contributed by atoms with Crippen molar-refractivity contribution in [2.45, 2.75) is 12.8 Å². The van der Waals surface area contributed by atoms with E-state index in [0.717, 1.165) is 19.0 Å². The van der Waals surface area contributed by atoms with E-state index in [1.807, 2.05) is 19.0 Å². The van der Waals surface area contributed by atoms with E-state index < -0.39 is 11.9 Å². The standard InChI is InChI=1S/C11H18N2O3/c1-4-10(14)12-8-9(11(15)16)6-5-7-13(2)3/h4,8H,1,5-7H2,2-3H3,(H,12,14)(H,15,16). The molecule has 0 aromatic heterocycles. The number of rotatable bonds is 7. The second-order valence-electron chi connectivity index (χ2n) is 3.59. The molecular formula is C11H18N2O3. The van der Waals surface area contributed by atoms with Crippen molar-refractivity contribution in [3.63, 3.8) is 0 Å². The van der Waals surface area contributed by atoms with E-state index in [4.69, 9.17) is 5.11 Å². The summed E-state index contributed by atoms with van der Waals surface area (Å²) in [7, 11) is 3.84. The Morgan fingerprint density at radius 1 is 1.44 bits per heavy atom. The maximum Gasteiger partial charge on any atom is 0.333 e. The molecule has 16 heavy (non-hydrogen) atoms. The lowest BCUT2D eigenvalue weighted by Crippen LogP contribution is -2.17. The van der Waals surface area contributed by atoms with E-state index in [2.05, 4.69) is 11.9 Å². The zero-order valence-electron chi connectivity index (χ0n) is 9.69. The molecule has 0 saturated carbocycles. The van der Waals surface area contributed by atoms with Gasteiger partial charge in [0.05, 0.1) is 5.57 Å². The fourth-order valence-electron chi connectivity index (χ4n) is 1.04. The van der Waals surface area contributed by atoms with Gasteiger partial charge in [-0.2, -0.15) is 0 Å². The van der Waals surface area contributed by atoms with Crippen molar-refractivity contribution in [1.29, 1.82) is 0 Å². The molecule has 0 aromatic rings. The van der Waals surface area contributed by atoms with E-state index in [0.29, 0.717) is 6.42 Å². The first-order chi connectivity index (χ1) is 7.47. The third-order valence-electron chi connectivity index (χ3n) is 1.90. The zero-order valence-corrected chi connectivity index (χ0v) is 9.69. The number of aliphatic carboxylic acids is 1. The van der Waals surface area contributed by atoms with Crippen molar-refractivity contribution in [1.82, 2.24) is 10.2 Å². The van der Waals surface area contributed by atoms with Crippen LogP contribution in [0.25, 0.3) is 0 Å². The number of hydrogen-bond donors (Lipinski definition) is 2. The van der Waals surface area contributed by atoms with E-state index >= 15 is 0 Å². The Hall–Kier alpha value is -1.62. The number of hydrogen-bond acceptors (Lipinski definition) is 3. The van der Waals surface area contributed by atoms with Gasteiger partial charge in [0.2, 0.25) is 5.91 Å². The highest BCUT2D eigenvalue weighted by Gasteiger charge is 2.07. The van der Waals surface area contributed by atoms with Crippen molar-refractivity contribution in [3.8, 4) is 0 Å². The number of amides is 1. The lowest BCUT2D eigenvalue weighted by Gasteiger charge is -2.09. The first-order valence-electron chi connectivity index (χ1n) is 4.97. The maximum atomic E-state index is 10.8. The van der Waals surface area contributed by atoms with Crippen LogP contribution in [0.1, 0.15) is 12.8 Å². The Morgan fingerprint density at radius 2 is 2.06 bits per heavy atom. The lowest BCUT2D eigenvalue weighted by atomic mass is 10.1. The minimum absolute atomic E-state index is 0.192. The van der Waals surface area contributed by atoms with Crippen LogP contribution in [0.5, 0.6) is 0 Å². The summed E-state index contributed by atoms with van der Waals surface area (Å²) in [6.07, 6.45) is 3.47. The Bertz CT molecular complexity index is 296. The molecule has 5 nitrogen and oxygen atoms in total. The van der Waals surface area contributed by atoms with E-state index in [-0.39, 0.29) is 5.57 Å². The van der Waals surface area contributed by atoms with Gasteiger partial charge in [-0.15, -0.1) is 0 Å². The molecule has 1 amide bonds. The summed E-state index contributed by atoms with van der Waals surface area (Å²) in [6, 6.07) is 0. The minimum atomic E-state index is -1.01. The molecule has 2 N–H and O–H groups in total. The summed E-state index contributed by atoms with van der Waals surface area (Å²) in [4.78, 5) is 23.6. The summed E-state index contributed by atoms with van der Waals surface area (Å²) < 4.78 is 0. The number of carbonyl (C=O) groups excluding carboxylic acids is 1. The summed E-state index contributed by atoms with van der Waals surface area (Å²) in [5, 5.41) is 11.2. The average molecular weight is 226 g/mol. The van der Waals surface area contributed by atoms with Crippen molar-refractivity contribution < 1.29 is 14.7 Å². The quantitative estimate of drug-likeness (QED) is 0.624. The van der Waals surface area contributed by atoms with Gasteiger partial charge >= 0.3 is 5.97 Å². The van der Waals surface area contributed by atoms with Gasteiger partial charge in [-0.3, -0.25) is 4.79 Å². The second-order valence-corrected chi connectivity index (χ2v) is 3.59. The first kappa shape index (κ1) is 14.4. The molecular weight excluding hydrogens is 208 g/mol. The Kier molecular flexibility index (Phi) is 6.87. The van der Waals surface area contributed by atoms with Crippen molar-refractivity contribution in [3.05, 3.63) is 24.4 Å². The van der Waals surface area contributed by atoms with Gasteiger partial charge in [-0.25, -0.2) is 4.79 Å². The molecule has 0 bridgehead atoms. The molecule has 0 unspecified atom stereocenters. The van der Waals surface area contributed by atoms with E-state index in [1.165, 1.54) is 6.20 Å². The topological polar surface area (TPSA) is 69.6 Å². The summed E-state index contributed by atoms with van der Waals surface area (Å²) in [5.74, 6) is -1.42. The Balaban J connectivity index is 4.21. The maximum absolute atomic E-state index is 10.8. The molecule has 0 aliphatic carbocycles. The van der Waals surface area contributed by atoms with Gasteiger partial charge in [-0.1, -0.05) is 6.58 Å². The van der Waals surface area contributed by atoms with Crippen LogP contribution >= 0.6 is 0 Å². The first-order valence-corrected chi connectivity index (χ1v) is 4.97. The predicted molar refractivity (Wildman–Crippen MR) is 61.8 cm³/mol. The molecule has 0 aliphatic heterocycles. The van der Waals surface area contributed by atoms with Gasteiger partial charge in [-0.05, 0) is 39.6 Å². The Morgan fingerprint density at radius 3 is 2.50 bits per heavy atom. The monoisotopic (exact) mass is 226 g/mol. The smallest absolute Gasteiger partial charge is 0.333 e. The molecule has 90 valence electrons. The van der Waals surface area contributed by atoms with Crippen molar-refractivity contribution >= 4 is 11.9 Å². The minimum Gasteiger partial charge on any atom is -0.478 e. The van der Waals surface area contributed by atoms with Crippen LogP contribution in [-0.4, -0.2) is 42.5 Å². The van der Waals surface area contributed by atoms with Crippen molar-refractivity contribution in [2.75, 3.05) is 20.6 Å². The van der Waals surface area contributed by atoms with Gasteiger partial charge in [0.15, 0.2) is 0 Å². The number of carbonyl (C=O) groups is 2. The molecule has 0 aliphatic rings. The number of carboxylic acids is 1. The highest BCUT2D eigenvalue weighted by molar-refractivity contribution is 5.90. The molecule has 5 heteroatoms. The predicted octanol–water partition coefficient (Wildman–Crippen LogP) is 0.599. The van der Waals surface area contributed by atoms with Crippen LogP contribution in [0.15, 0.2) is 24.4 Å². The number of nitrogens with one attached hydrogen (secondary N) is 1. The molecule has 0 aromatic carbocycles. The van der Waals surface area contributed by atoms with Crippen LogP contribution in [0.2, 0.25) is 0 Å². The lowest BCUT2D eigenvalue weighted by molar-refractivity contribution is -0.132. The highest BCUT2D eigenvalue weighted by Crippen LogP contribution is 2.04. The highest BCUT2D eigenvalue weighted by atomic mass is 16.4. The van der Waals surface area contributed by atoms with Gasteiger partial charge in [0.1, 0.15) is 0 Å². The second kappa shape index (κ2) is 7.64. The molecule has 0 atom stereocenters. The summed E-state index contributed by atoms with van der Waals surface area (Å²) in [5.41, 5.74) is 0.192. The molecule has 0 heterocycles. The van der Waals surface area contributed by atoms with Crippen LogP contribution < -0.4 is 5.32 Å². The van der Waals surface area contributed by atoms with Gasteiger partial charge in [0.25, 0.3) is 0 Å². The fourth-order valence-corrected chi connectivity index (χ4v) is 1.04. The third-order valence-corrected chi connectivity index (χ3v) is 1.90. The third kappa shape index (κ3) is 6.78. The van der Waals surface area contributed by atoms with Gasteiger partial charge in [0, 0.05) is 6.20 Å². The number of nitrogens with zero attached hydrogens (tertiary/aromatic N) is 1. The van der Waals surface area contributed by atoms with Crippen molar-refractivity contribution in [2.24, 2.45) is 0 Å². The summed E-state index contributed by atoms with van der Waals surface area (Å²) in [6.45, 7) is 4.08. The van der Waals surface area contributed by atoms with Crippen LogP contribution in [-0.2, 0) is 9.59 Å².